The molecule has 2 fully saturated rings. The number of nitrogens with zero attached hydrogens (tertiary/aromatic N) is 5. The molecule has 0 spiro atoms. The zero-order chi connectivity index (χ0) is 16.4. The highest BCUT2D eigenvalue weighted by atomic mass is 15.3. The molecule has 24 heavy (non-hydrogen) atoms. The average molecular weight is 323 g/mol. The first-order valence-corrected chi connectivity index (χ1v) is 8.92. The molecule has 5 nitrogen and oxygen atoms in total. The van der Waals surface area contributed by atoms with Crippen molar-refractivity contribution in [1.82, 2.24) is 19.9 Å². The van der Waals surface area contributed by atoms with E-state index < -0.39 is 0 Å². The van der Waals surface area contributed by atoms with E-state index in [1.807, 2.05) is 30.9 Å². The second-order valence-electron chi connectivity index (χ2n) is 7.15. The van der Waals surface area contributed by atoms with Crippen LogP contribution in [0.4, 0.5) is 5.95 Å². The third kappa shape index (κ3) is 3.13. The van der Waals surface area contributed by atoms with Crippen LogP contribution in [-0.2, 0) is 6.54 Å². The summed E-state index contributed by atoms with van der Waals surface area (Å²) in [6, 6.07) is 6.77. The summed E-state index contributed by atoms with van der Waals surface area (Å²) in [7, 11) is 2.27. The Balaban J connectivity index is 1.47. The molecule has 1 aliphatic carbocycles. The van der Waals surface area contributed by atoms with E-state index in [9.17, 15) is 0 Å². The molecule has 1 saturated heterocycles. The second-order valence-corrected chi connectivity index (χ2v) is 7.15. The summed E-state index contributed by atoms with van der Waals surface area (Å²) in [5.41, 5.74) is 1.34. The fourth-order valence-corrected chi connectivity index (χ4v) is 4.50. The van der Waals surface area contributed by atoms with Crippen LogP contribution in [-0.4, -0.2) is 46.0 Å². The molecule has 0 aromatic carbocycles. The minimum absolute atomic E-state index is 0.644. The highest BCUT2D eigenvalue weighted by molar-refractivity contribution is 5.31. The molecular weight excluding hydrogens is 298 g/mol. The Morgan fingerprint density at radius 3 is 2.67 bits per heavy atom. The maximum absolute atomic E-state index is 4.45. The minimum atomic E-state index is 0.644. The van der Waals surface area contributed by atoms with Crippen molar-refractivity contribution >= 4 is 5.95 Å². The van der Waals surface area contributed by atoms with Crippen LogP contribution < -0.4 is 4.90 Å². The van der Waals surface area contributed by atoms with Crippen LogP contribution >= 0.6 is 0 Å². The number of hydrogen-bond donors (Lipinski definition) is 0. The van der Waals surface area contributed by atoms with E-state index in [-0.39, 0.29) is 0 Å². The van der Waals surface area contributed by atoms with Gasteiger partial charge >= 0.3 is 0 Å². The first-order chi connectivity index (χ1) is 11.8. The van der Waals surface area contributed by atoms with E-state index in [2.05, 4.69) is 43.9 Å². The van der Waals surface area contributed by atoms with Gasteiger partial charge in [-0.1, -0.05) is 6.42 Å². The maximum Gasteiger partial charge on any atom is 0.225 e. The number of anilines is 1. The van der Waals surface area contributed by atoms with Gasteiger partial charge in [-0.2, -0.15) is 0 Å². The molecular formula is C19H25N5. The molecule has 1 saturated carbocycles. The first-order valence-electron chi connectivity index (χ1n) is 8.92. The monoisotopic (exact) mass is 323 g/mol. The van der Waals surface area contributed by atoms with E-state index in [0.29, 0.717) is 6.04 Å². The molecule has 0 N–H and O–H groups in total. The second kappa shape index (κ2) is 6.85. The van der Waals surface area contributed by atoms with Gasteiger partial charge in [0.1, 0.15) is 0 Å². The topological polar surface area (TPSA) is 45.2 Å². The number of hydrogen-bond acceptors (Lipinski definition) is 5. The van der Waals surface area contributed by atoms with Gasteiger partial charge in [-0.15, -0.1) is 0 Å². The molecule has 0 bridgehead atoms. The zero-order valence-corrected chi connectivity index (χ0v) is 14.3. The van der Waals surface area contributed by atoms with Crippen molar-refractivity contribution in [3.8, 4) is 0 Å². The molecule has 5 heteroatoms. The largest absolute Gasteiger partial charge is 0.340 e. The van der Waals surface area contributed by atoms with E-state index in [1.54, 1.807) is 0 Å². The van der Waals surface area contributed by atoms with E-state index in [4.69, 9.17) is 0 Å². The molecule has 2 aromatic rings. The lowest BCUT2D eigenvalue weighted by molar-refractivity contribution is 0.107. The van der Waals surface area contributed by atoms with Gasteiger partial charge in [0.15, 0.2) is 0 Å². The summed E-state index contributed by atoms with van der Waals surface area (Å²) in [5, 5.41) is 0. The fourth-order valence-electron chi connectivity index (χ4n) is 4.50. The van der Waals surface area contributed by atoms with Crippen molar-refractivity contribution in [3.05, 3.63) is 48.5 Å². The zero-order valence-electron chi connectivity index (χ0n) is 14.3. The highest BCUT2D eigenvalue weighted by Gasteiger charge is 2.42. The first kappa shape index (κ1) is 15.5. The van der Waals surface area contributed by atoms with Crippen molar-refractivity contribution < 1.29 is 0 Å². The van der Waals surface area contributed by atoms with Gasteiger partial charge in [-0.25, -0.2) is 9.97 Å². The fraction of sp³-hybridized carbons (Fsp3) is 0.526. The minimum Gasteiger partial charge on any atom is -0.340 e. The highest BCUT2D eigenvalue weighted by Crippen LogP contribution is 2.39. The predicted octanol–water partition coefficient (Wildman–Crippen LogP) is 2.61. The molecule has 4 rings (SSSR count). The number of pyridine rings is 1. The van der Waals surface area contributed by atoms with Crippen molar-refractivity contribution in [2.24, 2.45) is 11.8 Å². The molecule has 3 atom stereocenters. The standard InChI is InChI=1S/C19H25N5/c1-23(12-15-6-10-20-11-7-15)18-5-2-4-16-13-24(14-17(16)18)19-21-8-3-9-22-19/h3,6-11,16-18H,2,4-5,12-14H2,1H3/t16-,17+,18?/m1/s1. The van der Waals surface area contributed by atoms with Gasteiger partial charge in [0.2, 0.25) is 5.95 Å². The summed E-state index contributed by atoms with van der Waals surface area (Å²) < 4.78 is 0. The summed E-state index contributed by atoms with van der Waals surface area (Å²) in [4.78, 5) is 17.9. The van der Waals surface area contributed by atoms with E-state index in [0.717, 1.165) is 37.4 Å². The average Bonchev–Trinajstić information content (AvgIpc) is 3.07. The maximum atomic E-state index is 4.45. The Bertz CT molecular complexity index is 647. The Morgan fingerprint density at radius 1 is 1.08 bits per heavy atom. The van der Waals surface area contributed by atoms with Gasteiger partial charge in [-0.05, 0) is 55.5 Å². The van der Waals surface area contributed by atoms with E-state index in [1.165, 1.54) is 24.8 Å². The molecule has 0 amide bonds. The third-order valence-electron chi connectivity index (χ3n) is 5.64. The lowest BCUT2D eigenvalue weighted by Gasteiger charge is -2.39. The Kier molecular flexibility index (Phi) is 4.43. The van der Waals surface area contributed by atoms with Crippen LogP contribution in [0.5, 0.6) is 0 Å². The molecule has 2 aromatic heterocycles. The van der Waals surface area contributed by atoms with Crippen molar-refractivity contribution in [3.63, 3.8) is 0 Å². The lowest BCUT2D eigenvalue weighted by atomic mass is 9.77. The van der Waals surface area contributed by atoms with Gasteiger partial charge < -0.3 is 4.90 Å². The molecule has 2 aliphatic rings. The van der Waals surface area contributed by atoms with Crippen LogP contribution in [0.3, 0.4) is 0 Å². The Labute approximate surface area is 143 Å². The quantitative estimate of drug-likeness (QED) is 0.865. The van der Waals surface area contributed by atoms with Crippen LogP contribution in [0.1, 0.15) is 24.8 Å². The summed E-state index contributed by atoms with van der Waals surface area (Å²) in [5.74, 6) is 2.38. The van der Waals surface area contributed by atoms with Gasteiger partial charge in [0.05, 0.1) is 0 Å². The molecule has 126 valence electrons. The van der Waals surface area contributed by atoms with Crippen LogP contribution in [0.2, 0.25) is 0 Å². The van der Waals surface area contributed by atoms with Gasteiger partial charge in [0, 0.05) is 50.5 Å². The molecule has 0 radical (unpaired) electrons. The SMILES string of the molecule is CN(Cc1ccncc1)C1CCC[C@@H]2CN(c3ncccn3)C[C@H]12. The van der Waals surface area contributed by atoms with Gasteiger partial charge in [-0.3, -0.25) is 9.88 Å². The Hall–Kier alpha value is -2.01. The van der Waals surface area contributed by atoms with Crippen LogP contribution in [0.25, 0.3) is 0 Å². The molecule has 3 heterocycles. The number of aromatic nitrogens is 3. The Morgan fingerprint density at radius 2 is 1.88 bits per heavy atom. The predicted molar refractivity (Wildman–Crippen MR) is 94.6 cm³/mol. The molecule has 1 aliphatic heterocycles. The molecule has 1 unspecified atom stereocenters. The van der Waals surface area contributed by atoms with Crippen LogP contribution in [0.15, 0.2) is 43.0 Å². The summed E-state index contributed by atoms with van der Waals surface area (Å²) >= 11 is 0. The van der Waals surface area contributed by atoms with E-state index >= 15 is 0 Å². The summed E-state index contributed by atoms with van der Waals surface area (Å²) in [6.45, 7) is 3.19. The van der Waals surface area contributed by atoms with Crippen molar-refractivity contribution in [2.45, 2.75) is 31.8 Å². The number of fused-ring (bicyclic) bond motifs is 1. The normalized spacial score (nSPS) is 26.6. The lowest BCUT2D eigenvalue weighted by Crippen LogP contribution is -2.43. The van der Waals surface area contributed by atoms with Crippen molar-refractivity contribution in [1.29, 1.82) is 0 Å². The third-order valence-corrected chi connectivity index (χ3v) is 5.64. The number of rotatable bonds is 4. The van der Waals surface area contributed by atoms with Crippen molar-refractivity contribution in [2.75, 3.05) is 25.0 Å². The van der Waals surface area contributed by atoms with Gasteiger partial charge in [0.25, 0.3) is 0 Å². The smallest absolute Gasteiger partial charge is 0.225 e. The van der Waals surface area contributed by atoms with Crippen LogP contribution in [0, 0.1) is 11.8 Å². The summed E-state index contributed by atoms with van der Waals surface area (Å²) in [6.07, 6.45) is 11.4.